The number of carboxylic acid groups (broad SMARTS) is 1. The van der Waals surface area contributed by atoms with Crippen LogP contribution in [-0.4, -0.2) is 54.3 Å². The second-order valence-corrected chi connectivity index (χ2v) is 7.98. The SMILES string of the molecule is CC1CCN(S(=O)(=O)N2CCCC(CC(=O)O)C2)CC1. The van der Waals surface area contributed by atoms with Gasteiger partial charge < -0.3 is 5.11 Å². The maximum absolute atomic E-state index is 12.6. The van der Waals surface area contributed by atoms with Gasteiger partial charge >= 0.3 is 5.97 Å². The Morgan fingerprint density at radius 3 is 2.40 bits per heavy atom. The highest BCUT2D eigenvalue weighted by Crippen LogP contribution is 2.26. The summed E-state index contributed by atoms with van der Waals surface area (Å²) in [6.07, 6.45) is 3.43. The third-order valence-electron chi connectivity index (χ3n) is 4.34. The molecule has 1 unspecified atom stereocenters. The fraction of sp³-hybridized carbons (Fsp3) is 0.923. The van der Waals surface area contributed by atoms with Gasteiger partial charge in [0.2, 0.25) is 0 Å². The lowest BCUT2D eigenvalue weighted by atomic mass is 9.96. The van der Waals surface area contributed by atoms with E-state index in [0.29, 0.717) is 32.1 Å². The number of carbonyl (C=O) groups is 1. The van der Waals surface area contributed by atoms with Crippen molar-refractivity contribution in [3.63, 3.8) is 0 Å². The number of piperidine rings is 2. The smallest absolute Gasteiger partial charge is 0.303 e. The van der Waals surface area contributed by atoms with Gasteiger partial charge in [0.1, 0.15) is 0 Å². The van der Waals surface area contributed by atoms with Gasteiger partial charge in [-0.15, -0.1) is 0 Å². The van der Waals surface area contributed by atoms with Gasteiger partial charge in [0, 0.05) is 32.6 Å². The molecule has 6 nitrogen and oxygen atoms in total. The first-order valence-electron chi connectivity index (χ1n) is 7.36. The van der Waals surface area contributed by atoms with Crippen molar-refractivity contribution in [3.05, 3.63) is 0 Å². The molecule has 0 aromatic carbocycles. The van der Waals surface area contributed by atoms with E-state index in [1.165, 1.54) is 4.31 Å². The van der Waals surface area contributed by atoms with Crippen LogP contribution in [0.4, 0.5) is 0 Å². The van der Waals surface area contributed by atoms with Crippen molar-refractivity contribution >= 4 is 16.2 Å². The highest BCUT2D eigenvalue weighted by molar-refractivity contribution is 7.86. The normalized spacial score (nSPS) is 27.6. The molecule has 2 saturated heterocycles. The third kappa shape index (κ3) is 3.71. The Morgan fingerprint density at radius 1 is 1.15 bits per heavy atom. The summed E-state index contributed by atoms with van der Waals surface area (Å²) in [6, 6.07) is 0. The zero-order chi connectivity index (χ0) is 14.8. The summed E-state index contributed by atoms with van der Waals surface area (Å²) in [5, 5.41) is 8.85. The number of hydrogen-bond donors (Lipinski definition) is 1. The Morgan fingerprint density at radius 2 is 1.80 bits per heavy atom. The predicted octanol–water partition coefficient (Wildman–Crippen LogP) is 1.15. The van der Waals surface area contributed by atoms with E-state index in [1.807, 2.05) is 0 Å². The predicted molar refractivity (Wildman–Crippen MR) is 75.4 cm³/mol. The standard InChI is InChI=1S/C13H24N2O4S/c1-11-4-7-14(8-5-11)20(18,19)15-6-2-3-12(10-15)9-13(16)17/h11-12H,2-10H2,1H3,(H,16,17). The average molecular weight is 304 g/mol. The Kier molecular flexibility index (Phi) is 5.04. The summed E-state index contributed by atoms with van der Waals surface area (Å²) in [5.74, 6) is -0.316. The average Bonchev–Trinajstić information content (AvgIpc) is 2.39. The van der Waals surface area contributed by atoms with Gasteiger partial charge in [0.25, 0.3) is 10.2 Å². The van der Waals surface area contributed by atoms with Crippen LogP contribution in [-0.2, 0) is 15.0 Å². The number of carboxylic acids is 1. The molecule has 0 aromatic heterocycles. The molecule has 2 fully saturated rings. The molecule has 2 heterocycles. The van der Waals surface area contributed by atoms with E-state index in [-0.39, 0.29) is 12.3 Å². The summed E-state index contributed by atoms with van der Waals surface area (Å²) >= 11 is 0. The van der Waals surface area contributed by atoms with Crippen molar-refractivity contribution in [2.24, 2.45) is 11.8 Å². The minimum Gasteiger partial charge on any atom is -0.481 e. The van der Waals surface area contributed by atoms with Gasteiger partial charge in [-0.05, 0) is 37.5 Å². The molecule has 0 aliphatic carbocycles. The van der Waals surface area contributed by atoms with Crippen LogP contribution in [0.25, 0.3) is 0 Å². The van der Waals surface area contributed by atoms with Gasteiger partial charge in [-0.25, -0.2) is 0 Å². The van der Waals surface area contributed by atoms with E-state index in [2.05, 4.69) is 6.92 Å². The molecule has 7 heteroatoms. The monoisotopic (exact) mass is 304 g/mol. The second-order valence-electron chi connectivity index (χ2n) is 6.05. The van der Waals surface area contributed by atoms with Crippen LogP contribution in [0, 0.1) is 11.8 Å². The number of nitrogens with zero attached hydrogens (tertiary/aromatic N) is 2. The fourth-order valence-corrected chi connectivity index (χ4v) is 4.79. The number of aliphatic carboxylic acids is 1. The largest absolute Gasteiger partial charge is 0.481 e. The third-order valence-corrected chi connectivity index (χ3v) is 6.34. The van der Waals surface area contributed by atoms with Crippen LogP contribution in [0.1, 0.15) is 39.0 Å². The Labute approximate surface area is 120 Å². The zero-order valence-electron chi connectivity index (χ0n) is 12.0. The molecule has 1 atom stereocenters. The van der Waals surface area contributed by atoms with Crippen molar-refractivity contribution in [1.29, 1.82) is 0 Å². The van der Waals surface area contributed by atoms with Crippen LogP contribution >= 0.6 is 0 Å². The molecule has 0 saturated carbocycles. The number of rotatable bonds is 4. The minimum absolute atomic E-state index is 0.0558. The van der Waals surface area contributed by atoms with E-state index in [0.717, 1.165) is 25.7 Å². The van der Waals surface area contributed by atoms with Gasteiger partial charge in [0.05, 0.1) is 0 Å². The van der Waals surface area contributed by atoms with Crippen LogP contribution in [0.3, 0.4) is 0 Å². The lowest BCUT2D eigenvalue weighted by molar-refractivity contribution is -0.138. The van der Waals surface area contributed by atoms with Crippen LogP contribution in [0.5, 0.6) is 0 Å². The van der Waals surface area contributed by atoms with E-state index in [9.17, 15) is 13.2 Å². The maximum Gasteiger partial charge on any atom is 0.303 e. The molecule has 20 heavy (non-hydrogen) atoms. The Bertz CT molecular complexity index is 443. The molecular formula is C13H24N2O4S. The topological polar surface area (TPSA) is 77.9 Å². The minimum atomic E-state index is -3.40. The van der Waals surface area contributed by atoms with Crippen molar-refractivity contribution in [3.8, 4) is 0 Å². The maximum atomic E-state index is 12.6. The highest BCUT2D eigenvalue weighted by Gasteiger charge is 2.35. The van der Waals surface area contributed by atoms with E-state index >= 15 is 0 Å². The second kappa shape index (κ2) is 6.41. The molecule has 0 radical (unpaired) electrons. The summed E-state index contributed by atoms with van der Waals surface area (Å²) < 4.78 is 28.2. The van der Waals surface area contributed by atoms with E-state index in [4.69, 9.17) is 5.11 Å². The first-order valence-corrected chi connectivity index (χ1v) is 8.76. The fourth-order valence-electron chi connectivity index (χ4n) is 3.03. The summed E-state index contributed by atoms with van der Waals surface area (Å²) in [4.78, 5) is 10.8. The van der Waals surface area contributed by atoms with E-state index < -0.39 is 16.2 Å². The van der Waals surface area contributed by atoms with Crippen LogP contribution < -0.4 is 0 Å². The molecular weight excluding hydrogens is 280 g/mol. The number of hydrogen-bond acceptors (Lipinski definition) is 3. The van der Waals surface area contributed by atoms with Crippen molar-refractivity contribution in [2.45, 2.75) is 39.0 Å². The van der Waals surface area contributed by atoms with Crippen molar-refractivity contribution in [1.82, 2.24) is 8.61 Å². The van der Waals surface area contributed by atoms with E-state index in [1.54, 1.807) is 4.31 Å². The Hall–Kier alpha value is -0.660. The van der Waals surface area contributed by atoms with Gasteiger partial charge in [-0.3, -0.25) is 4.79 Å². The molecule has 2 aliphatic heterocycles. The molecule has 1 N–H and O–H groups in total. The molecule has 0 spiro atoms. The Balaban J connectivity index is 1.99. The van der Waals surface area contributed by atoms with Gasteiger partial charge in [-0.2, -0.15) is 17.0 Å². The highest BCUT2D eigenvalue weighted by atomic mass is 32.2. The van der Waals surface area contributed by atoms with Crippen LogP contribution in [0.15, 0.2) is 0 Å². The molecule has 116 valence electrons. The van der Waals surface area contributed by atoms with Crippen molar-refractivity contribution < 1.29 is 18.3 Å². The first kappa shape index (κ1) is 15.7. The molecule has 2 aliphatic rings. The lowest BCUT2D eigenvalue weighted by Gasteiger charge is -2.37. The quantitative estimate of drug-likeness (QED) is 0.845. The molecule has 2 rings (SSSR count). The van der Waals surface area contributed by atoms with Gasteiger partial charge in [0.15, 0.2) is 0 Å². The summed E-state index contributed by atoms with van der Waals surface area (Å²) in [7, 11) is -3.40. The van der Waals surface area contributed by atoms with Crippen LogP contribution in [0.2, 0.25) is 0 Å². The van der Waals surface area contributed by atoms with Gasteiger partial charge in [-0.1, -0.05) is 6.92 Å². The zero-order valence-corrected chi connectivity index (χ0v) is 12.8. The molecule has 0 bridgehead atoms. The molecule has 0 amide bonds. The first-order chi connectivity index (χ1) is 9.39. The lowest BCUT2D eigenvalue weighted by Crippen LogP contribution is -2.50. The summed E-state index contributed by atoms with van der Waals surface area (Å²) in [6.45, 7) is 4.19. The summed E-state index contributed by atoms with van der Waals surface area (Å²) in [5.41, 5.74) is 0. The van der Waals surface area contributed by atoms with Crippen molar-refractivity contribution in [2.75, 3.05) is 26.2 Å². The molecule has 0 aromatic rings.